The molecule has 0 saturated carbocycles. The number of aromatic nitrogens is 2. The van der Waals surface area contributed by atoms with Gasteiger partial charge < -0.3 is 15.3 Å². The first-order valence-corrected chi connectivity index (χ1v) is 10.1. The lowest BCUT2D eigenvalue weighted by atomic mass is 9.97. The number of aliphatic hydroxyl groups excluding tert-OH is 1. The Labute approximate surface area is 166 Å². The van der Waals surface area contributed by atoms with Crippen LogP contribution in [0, 0.1) is 12.8 Å². The van der Waals surface area contributed by atoms with Crippen molar-refractivity contribution >= 4 is 11.8 Å². The number of benzene rings is 1. The fourth-order valence-electron chi connectivity index (χ4n) is 3.63. The van der Waals surface area contributed by atoms with E-state index in [0.717, 1.165) is 38.0 Å². The molecule has 3 N–H and O–H groups in total. The predicted octanol–water partition coefficient (Wildman–Crippen LogP) is 2.63. The van der Waals surface area contributed by atoms with Crippen molar-refractivity contribution in [1.29, 1.82) is 0 Å². The van der Waals surface area contributed by atoms with Gasteiger partial charge in [-0.25, -0.2) is 4.79 Å². The number of carbonyl (C=O) groups is 1. The van der Waals surface area contributed by atoms with Crippen molar-refractivity contribution in [1.82, 2.24) is 20.0 Å². The van der Waals surface area contributed by atoms with Crippen molar-refractivity contribution in [2.24, 2.45) is 5.92 Å². The number of piperidine rings is 1. The van der Waals surface area contributed by atoms with Gasteiger partial charge in [0.05, 0.1) is 12.6 Å². The highest BCUT2D eigenvalue weighted by molar-refractivity contribution is 5.88. The summed E-state index contributed by atoms with van der Waals surface area (Å²) in [5.74, 6) is 1.08. The van der Waals surface area contributed by atoms with E-state index >= 15 is 0 Å². The first kappa shape index (κ1) is 20.4. The molecule has 1 aromatic carbocycles. The second-order valence-corrected chi connectivity index (χ2v) is 7.57. The maximum atomic E-state index is 12.3. The van der Waals surface area contributed by atoms with Gasteiger partial charge in [0.15, 0.2) is 5.82 Å². The maximum Gasteiger partial charge on any atom is 0.320 e. The molecule has 7 heteroatoms. The molecule has 0 bridgehead atoms. The van der Waals surface area contributed by atoms with Crippen molar-refractivity contribution < 1.29 is 9.90 Å². The number of hydrogen-bond acceptors (Lipinski definition) is 4. The quantitative estimate of drug-likeness (QED) is 0.684. The Kier molecular flexibility index (Phi) is 7.06. The third kappa shape index (κ3) is 5.33. The average molecular weight is 386 g/mol. The largest absolute Gasteiger partial charge is 0.395 e. The van der Waals surface area contributed by atoms with Gasteiger partial charge in [-0.2, -0.15) is 5.10 Å². The Morgan fingerprint density at radius 3 is 2.68 bits per heavy atom. The summed E-state index contributed by atoms with van der Waals surface area (Å²) in [6, 6.07) is 10.1. The number of anilines is 1. The lowest BCUT2D eigenvalue weighted by Crippen LogP contribution is -2.40. The van der Waals surface area contributed by atoms with E-state index in [0.29, 0.717) is 18.3 Å². The molecule has 1 fully saturated rings. The van der Waals surface area contributed by atoms with E-state index in [2.05, 4.69) is 39.7 Å². The maximum absolute atomic E-state index is 12.3. The van der Waals surface area contributed by atoms with E-state index in [9.17, 15) is 4.79 Å². The molecule has 3 rings (SSSR count). The normalized spacial score (nSPS) is 16.7. The van der Waals surface area contributed by atoms with Crippen molar-refractivity contribution in [3.63, 3.8) is 0 Å². The van der Waals surface area contributed by atoms with Gasteiger partial charge in [0.2, 0.25) is 0 Å². The van der Waals surface area contributed by atoms with Crippen LogP contribution >= 0.6 is 0 Å². The summed E-state index contributed by atoms with van der Waals surface area (Å²) >= 11 is 0. The van der Waals surface area contributed by atoms with E-state index in [4.69, 9.17) is 5.11 Å². The minimum absolute atomic E-state index is 0.0996. The molecule has 1 aliphatic rings. The number of likely N-dealkylation sites (tertiary alicyclic amines) is 1. The highest BCUT2D eigenvalue weighted by Crippen LogP contribution is 2.21. The zero-order valence-electron chi connectivity index (χ0n) is 16.8. The van der Waals surface area contributed by atoms with Gasteiger partial charge in [0.1, 0.15) is 0 Å². The van der Waals surface area contributed by atoms with Crippen LogP contribution in [0.5, 0.6) is 0 Å². The summed E-state index contributed by atoms with van der Waals surface area (Å²) < 4.78 is 1.89. The van der Waals surface area contributed by atoms with Gasteiger partial charge >= 0.3 is 6.03 Å². The lowest BCUT2D eigenvalue weighted by molar-refractivity contribution is 0.147. The van der Waals surface area contributed by atoms with Crippen LogP contribution in [-0.4, -0.2) is 58.6 Å². The molecule has 1 atom stereocenters. The molecule has 2 heterocycles. The molecule has 152 valence electrons. The third-order valence-electron chi connectivity index (χ3n) is 5.50. The molecule has 1 saturated heterocycles. The van der Waals surface area contributed by atoms with Crippen LogP contribution in [0.15, 0.2) is 36.5 Å². The predicted molar refractivity (Wildman–Crippen MR) is 110 cm³/mol. The molecular weight excluding hydrogens is 354 g/mol. The van der Waals surface area contributed by atoms with E-state index in [-0.39, 0.29) is 18.7 Å². The SMILES string of the molecule is Cc1cn([C@H](C)c2ccccc2)nc1NC(=O)NCC1CCN(CCO)CC1. The number of amides is 2. The van der Waals surface area contributed by atoms with Crippen LogP contribution in [-0.2, 0) is 0 Å². The monoisotopic (exact) mass is 385 g/mol. The number of nitrogens with one attached hydrogen (secondary N) is 2. The summed E-state index contributed by atoms with van der Waals surface area (Å²) in [7, 11) is 0. The number of rotatable bonds is 7. The van der Waals surface area contributed by atoms with Crippen molar-refractivity contribution in [3.05, 3.63) is 47.7 Å². The minimum Gasteiger partial charge on any atom is -0.395 e. The minimum atomic E-state index is -0.210. The molecule has 1 aliphatic heterocycles. The third-order valence-corrected chi connectivity index (χ3v) is 5.50. The summed E-state index contributed by atoms with van der Waals surface area (Å²) in [5.41, 5.74) is 2.11. The number of aliphatic hydroxyl groups is 1. The van der Waals surface area contributed by atoms with Gasteiger partial charge in [-0.3, -0.25) is 10.00 Å². The number of β-amino-alcohol motifs (C(OH)–C–C–N with tert-alkyl or cyclic N) is 1. The first-order valence-electron chi connectivity index (χ1n) is 10.1. The number of aryl methyl sites for hydroxylation is 1. The van der Waals surface area contributed by atoms with E-state index in [1.165, 1.54) is 5.56 Å². The molecule has 0 aliphatic carbocycles. The van der Waals surface area contributed by atoms with Gasteiger partial charge in [-0.15, -0.1) is 0 Å². The average Bonchev–Trinajstić information content (AvgIpc) is 3.08. The van der Waals surface area contributed by atoms with Crippen LogP contribution < -0.4 is 10.6 Å². The van der Waals surface area contributed by atoms with Crippen molar-refractivity contribution in [2.75, 3.05) is 38.1 Å². The molecule has 7 nitrogen and oxygen atoms in total. The summed E-state index contributed by atoms with van der Waals surface area (Å²) in [4.78, 5) is 14.6. The molecular formula is C21H31N5O2. The molecule has 1 aromatic heterocycles. The van der Waals surface area contributed by atoms with Gasteiger partial charge in [-0.1, -0.05) is 30.3 Å². The Morgan fingerprint density at radius 1 is 1.29 bits per heavy atom. The van der Waals surface area contributed by atoms with Crippen LogP contribution in [0.2, 0.25) is 0 Å². The fraction of sp³-hybridized carbons (Fsp3) is 0.524. The molecule has 0 spiro atoms. The lowest BCUT2D eigenvalue weighted by Gasteiger charge is -2.31. The summed E-state index contributed by atoms with van der Waals surface area (Å²) in [6.07, 6.45) is 4.05. The zero-order chi connectivity index (χ0) is 19.9. The smallest absolute Gasteiger partial charge is 0.320 e. The number of carbonyl (C=O) groups excluding carboxylic acids is 1. The first-order chi connectivity index (χ1) is 13.6. The summed E-state index contributed by atoms with van der Waals surface area (Å²) in [5, 5.41) is 19.4. The number of urea groups is 1. The Bertz CT molecular complexity index is 753. The Balaban J connectivity index is 1.49. The second-order valence-electron chi connectivity index (χ2n) is 7.57. The van der Waals surface area contributed by atoms with E-state index in [1.54, 1.807) is 0 Å². The fourth-order valence-corrected chi connectivity index (χ4v) is 3.63. The van der Waals surface area contributed by atoms with Crippen LogP contribution in [0.3, 0.4) is 0 Å². The molecule has 0 radical (unpaired) electrons. The molecule has 2 amide bonds. The Morgan fingerprint density at radius 2 is 2.00 bits per heavy atom. The summed E-state index contributed by atoms with van der Waals surface area (Å²) in [6.45, 7) is 7.62. The number of hydrogen-bond donors (Lipinski definition) is 3. The molecule has 0 unspecified atom stereocenters. The van der Waals surface area contributed by atoms with Crippen molar-refractivity contribution in [3.8, 4) is 0 Å². The van der Waals surface area contributed by atoms with E-state index in [1.807, 2.05) is 36.0 Å². The van der Waals surface area contributed by atoms with Crippen molar-refractivity contribution in [2.45, 2.75) is 32.7 Å². The second kappa shape index (κ2) is 9.71. The molecule has 28 heavy (non-hydrogen) atoms. The Hall–Kier alpha value is -2.38. The van der Waals surface area contributed by atoms with Gasteiger partial charge in [0, 0.05) is 24.8 Å². The van der Waals surface area contributed by atoms with Gasteiger partial charge in [-0.05, 0) is 51.3 Å². The van der Waals surface area contributed by atoms with Crippen LogP contribution in [0.25, 0.3) is 0 Å². The van der Waals surface area contributed by atoms with Crippen LogP contribution in [0.4, 0.5) is 10.6 Å². The zero-order valence-corrected chi connectivity index (χ0v) is 16.8. The highest BCUT2D eigenvalue weighted by Gasteiger charge is 2.20. The van der Waals surface area contributed by atoms with Gasteiger partial charge in [0.25, 0.3) is 0 Å². The topological polar surface area (TPSA) is 82.4 Å². The van der Waals surface area contributed by atoms with Crippen LogP contribution in [0.1, 0.15) is 36.9 Å². The highest BCUT2D eigenvalue weighted by atomic mass is 16.3. The van der Waals surface area contributed by atoms with E-state index < -0.39 is 0 Å². The molecule has 2 aromatic rings. The number of nitrogens with zero attached hydrogens (tertiary/aromatic N) is 3. The standard InChI is InChI=1S/C21H31N5O2/c1-16-15-26(17(2)19-6-4-3-5-7-19)24-20(16)23-21(28)22-14-18-8-10-25(11-9-18)12-13-27/h3-7,15,17-18,27H,8-14H2,1-2H3,(H2,22,23,24,28)/t17-/m1/s1.